The lowest BCUT2D eigenvalue weighted by molar-refractivity contribution is -0.166. The zero-order valence-corrected chi connectivity index (χ0v) is 6.29. The first-order valence-corrected chi connectivity index (χ1v) is 3.27. The van der Waals surface area contributed by atoms with Crippen molar-refractivity contribution in [2.24, 2.45) is 0 Å². The Hall–Kier alpha value is -0.530. The number of hydrogen-bond donors (Lipinski definition) is 5. The first-order valence-electron chi connectivity index (χ1n) is 3.27. The normalized spacial score (nSPS) is 17.1. The molecule has 0 bridgehead atoms. The van der Waals surface area contributed by atoms with E-state index in [4.69, 9.17) is 25.5 Å². The van der Waals surface area contributed by atoms with Crippen LogP contribution in [0.1, 0.15) is 0 Å². The second kappa shape index (κ2) is 4.48. The second-order valence-electron chi connectivity index (χ2n) is 2.49. The molecule has 0 aromatic rings. The van der Waals surface area contributed by atoms with Gasteiger partial charge in [-0.3, -0.25) is 0 Å². The Kier molecular flexibility index (Phi) is 4.29. The maximum Gasteiger partial charge on any atom is 0.151 e. The molecule has 6 nitrogen and oxygen atoms in total. The Morgan fingerprint density at radius 2 is 1.67 bits per heavy atom. The van der Waals surface area contributed by atoms with Gasteiger partial charge < -0.3 is 30.3 Å². The van der Waals surface area contributed by atoms with Crippen LogP contribution >= 0.6 is 0 Å². The maximum atomic E-state index is 9.94. The summed E-state index contributed by atoms with van der Waals surface area (Å²) in [6, 6.07) is 0. The summed E-state index contributed by atoms with van der Waals surface area (Å²) in [4.78, 5) is 9.94. The third-order valence-electron chi connectivity index (χ3n) is 1.56. The third kappa shape index (κ3) is 2.23. The number of rotatable bonds is 5. The Morgan fingerprint density at radius 3 is 1.92 bits per heavy atom. The highest BCUT2D eigenvalue weighted by molar-refractivity contribution is 5.57. The number of aliphatic hydroxyl groups excluding tert-OH is 4. The van der Waals surface area contributed by atoms with Crippen LogP contribution in [0.15, 0.2) is 0 Å². The summed E-state index contributed by atoms with van der Waals surface area (Å²) < 4.78 is 0. The van der Waals surface area contributed by atoms with Crippen LogP contribution in [0.5, 0.6) is 0 Å². The number of aldehydes is 1. The number of carbonyl (C=O) groups is 1. The molecule has 12 heavy (non-hydrogen) atoms. The minimum Gasteiger partial charge on any atom is -0.393 e. The molecule has 0 aliphatic carbocycles. The second-order valence-corrected chi connectivity index (χ2v) is 2.49. The molecule has 0 saturated heterocycles. The van der Waals surface area contributed by atoms with Crippen molar-refractivity contribution in [1.29, 1.82) is 0 Å². The van der Waals surface area contributed by atoms with Gasteiger partial charge in [0.1, 0.15) is 17.8 Å². The van der Waals surface area contributed by atoms with E-state index in [-0.39, 0.29) is 6.29 Å². The molecule has 72 valence electrons. The fourth-order valence-corrected chi connectivity index (χ4v) is 0.629. The molecule has 2 unspecified atom stereocenters. The Morgan fingerprint density at radius 1 is 1.25 bits per heavy atom. The van der Waals surface area contributed by atoms with Crippen molar-refractivity contribution in [1.82, 2.24) is 0 Å². The SMILES string of the molecule is O=CC(O)C(O)C(O)(CO)CO. The zero-order chi connectivity index (χ0) is 9.78. The van der Waals surface area contributed by atoms with E-state index in [1.807, 2.05) is 0 Å². The van der Waals surface area contributed by atoms with Gasteiger partial charge in [-0.15, -0.1) is 0 Å². The Labute approximate surface area is 68.7 Å². The number of carbonyl (C=O) groups excluding carboxylic acids is 1. The summed E-state index contributed by atoms with van der Waals surface area (Å²) in [5.41, 5.74) is -2.25. The molecule has 0 aliphatic heterocycles. The van der Waals surface area contributed by atoms with Crippen LogP contribution < -0.4 is 0 Å². The van der Waals surface area contributed by atoms with Crippen molar-refractivity contribution >= 4 is 6.29 Å². The lowest BCUT2D eigenvalue weighted by Gasteiger charge is -2.29. The van der Waals surface area contributed by atoms with Crippen LogP contribution in [0.25, 0.3) is 0 Å². The van der Waals surface area contributed by atoms with Crippen molar-refractivity contribution < 1.29 is 30.3 Å². The lowest BCUT2D eigenvalue weighted by Crippen LogP contribution is -2.54. The monoisotopic (exact) mass is 180 g/mol. The molecule has 0 heterocycles. The molecule has 0 rings (SSSR count). The van der Waals surface area contributed by atoms with E-state index >= 15 is 0 Å². The van der Waals surface area contributed by atoms with E-state index in [1.165, 1.54) is 0 Å². The first kappa shape index (κ1) is 11.5. The van der Waals surface area contributed by atoms with Crippen LogP contribution in [0.4, 0.5) is 0 Å². The molecule has 0 fully saturated rings. The Balaban J connectivity index is 4.39. The van der Waals surface area contributed by atoms with Gasteiger partial charge >= 0.3 is 0 Å². The minimum atomic E-state index is -2.25. The summed E-state index contributed by atoms with van der Waals surface area (Å²) >= 11 is 0. The fraction of sp³-hybridized carbons (Fsp3) is 0.833. The predicted octanol–water partition coefficient (Wildman–Crippen LogP) is -3.38. The molecule has 0 aromatic carbocycles. The van der Waals surface area contributed by atoms with Gasteiger partial charge in [-0.2, -0.15) is 0 Å². The van der Waals surface area contributed by atoms with Gasteiger partial charge in [0.15, 0.2) is 6.29 Å². The zero-order valence-electron chi connectivity index (χ0n) is 6.29. The largest absolute Gasteiger partial charge is 0.393 e. The Bertz CT molecular complexity index is 143. The van der Waals surface area contributed by atoms with Gasteiger partial charge in [0, 0.05) is 0 Å². The molecule has 0 aromatic heterocycles. The van der Waals surface area contributed by atoms with E-state index in [9.17, 15) is 4.79 Å². The number of aliphatic hydroxyl groups is 5. The van der Waals surface area contributed by atoms with Crippen molar-refractivity contribution in [3.05, 3.63) is 0 Å². The van der Waals surface area contributed by atoms with Gasteiger partial charge in [0.25, 0.3) is 0 Å². The lowest BCUT2D eigenvalue weighted by atomic mass is 9.95. The smallest absolute Gasteiger partial charge is 0.151 e. The minimum absolute atomic E-state index is 0.000949. The van der Waals surface area contributed by atoms with Crippen LogP contribution in [0, 0.1) is 0 Å². The van der Waals surface area contributed by atoms with Crippen LogP contribution in [0.3, 0.4) is 0 Å². The van der Waals surface area contributed by atoms with Gasteiger partial charge in [-0.05, 0) is 0 Å². The summed E-state index contributed by atoms with van der Waals surface area (Å²) in [5, 5.41) is 43.8. The number of hydrogen-bond acceptors (Lipinski definition) is 6. The summed E-state index contributed by atoms with van der Waals surface area (Å²) in [6.07, 6.45) is -3.72. The molecular weight excluding hydrogens is 168 g/mol. The molecular formula is C6H12O6. The molecule has 0 saturated carbocycles. The van der Waals surface area contributed by atoms with Crippen molar-refractivity contribution in [2.75, 3.05) is 13.2 Å². The maximum absolute atomic E-state index is 9.94. The molecule has 5 N–H and O–H groups in total. The van der Waals surface area contributed by atoms with E-state index < -0.39 is 31.0 Å². The van der Waals surface area contributed by atoms with Crippen LogP contribution in [0.2, 0.25) is 0 Å². The quantitative estimate of drug-likeness (QED) is 0.282. The van der Waals surface area contributed by atoms with Crippen LogP contribution in [-0.2, 0) is 4.79 Å². The highest BCUT2D eigenvalue weighted by atomic mass is 16.4. The van der Waals surface area contributed by atoms with Gasteiger partial charge in [0.05, 0.1) is 13.2 Å². The van der Waals surface area contributed by atoms with Crippen molar-refractivity contribution in [3.63, 3.8) is 0 Å². The third-order valence-corrected chi connectivity index (χ3v) is 1.56. The van der Waals surface area contributed by atoms with Gasteiger partial charge in [0.2, 0.25) is 0 Å². The fourth-order valence-electron chi connectivity index (χ4n) is 0.629. The van der Waals surface area contributed by atoms with Crippen molar-refractivity contribution in [2.45, 2.75) is 17.8 Å². The average Bonchev–Trinajstić information content (AvgIpc) is 2.14. The summed E-state index contributed by atoms with van der Waals surface area (Å²) in [7, 11) is 0. The summed E-state index contributed by atoms with van der Waals surface area (Å²) in [6.45, 7) is -1.90. The average molecular weight is 180 g/mol. The molecule has 2 atom stereocenters. The van der Waals surface area contributed by atoms with E-state index in [0.717, 1.165) is 0 Å². The summed E-state index contributed by atoms with van der Waals surface area (Å²) in [5.74, 6) is 0. The molecule has 6 heteroatoms. The molecule has 0 aliphatic rings. The predicted molar refractivity (Wildman–Crippen MR) is 37.2 cm³/mol. The molecule has 0 amide bonds. The highest BCUT2D eigenvalue weighted by Gasteiger charge is 2.38. The standard InChI is InChI=1S/C6H12O6/c7-1-4(10)5(11)6(12,2-8)3-9/h1,4-5,8-12H,2-3H2. The first-order chi connectivity index (χ1) is 5.51. The van der Waals surface area contributed by atoms with E-state index in [1.54, 1.807) is 0 Å². The topological polar surface area (TPSA) is 118 Å². The van der Waals surface area contributed by atoms with Crippen molar-refractivity contribution in [3.8, 4) is 0 Å². The molecule has 0 spiro atoms. The van der Waals surface area contributed by atoms with Gasteiger partial charge in [-0.1, -0.05) is 0 Å². The van der Waals surface area contributed by atoms with Crippen LogP contribution in [-0.4, -0.2) is 62.8 Å². The van der Waals surface area contributed by atoms with E-state index in [0.29, 0.717) is 0 Å². The molecule has 0 radical (unpaired) electrons. The van der Waals surface area contributed by atoms with Gasteiger partial charge in [-0.25, -0.2) is 0 Å². The van der Waals surface area contributed by atoms with E-state index in [2.05, 4.69) is 0 Å². The highest BCUT2D eigenvalue weighted by Crippen LogP contribution is 2.11.